The van der Waals surface area contributed by atoms with Gasteiger partial charge in [0.1, 0.15) is 6.04 Å². The van der Waals surface area contributed by atoms with Crippen molar-refractivity contribution in [3.63, 3.8) is 0 Å². The minimum atomic E-state index is -0.571. The Labute approximate surface area is 137 Å². The second kappa shape index (κ2) is 7.64. The average Bonchev–Trinajstić information content (AvgIpc) is 3.05. The molecule has 3 N–H and O–H groups in total. The van der Waals surface area contributed by atoms with Crippen molar-refractivity contribution in [3.8, 4) is 0 Å². The van der Waals surface area contributed by atoms with Crippen LogP contribution < -0.4 is 16.0 Å². The number of hydrogen-bond acceptors (Lipinski definition) is 4. The smallest absolute Gasteiger partial charge is 0.287 e. The first-order valence-corrected chi connectivity index (χ1v) is 8.24. The minimum Gasteiger partial charge on any atom is -0.459 e. The summed E-state index contributed by atoms with van der Waals surface area (Å²) < 4.78 is 5.08. The third-order valence-corrected chi connectivity index (χ3v) is 4.48. The molecule has 0 aliphatic carbocycles. The molecule has 1 saturated heterocycles. The molecule has 0 aromatic carbocycles. The van der Waals surface area contributed by atoms with Gasteiger partial charge in [-0.25, -0.2) is 0 Å². The maximum absolute atomic E-state index is 12.5. The molecular formula is C17H27N3O3. The number of carbonyl (C=O) groups is 2. The SMILES string of the molecule is CC(C)C(NC(=O)c1ccco1)C(=O)NCC1(C)CCNCC1. The standard InChI is InChI=1S/C17H27N3O3/c1-12(2)14(20-15(21)13-5-4-10-23-13)16(22)19-11-17(3)6-8-18-9-7-17/h4-5,10,12,14,18H,6-9,11H2,1-3H3,(H,19,22)(H,20,21). The van der Waals surface area contributed by atoms with Crippen LogP contribution in [0.15, 0.2) is 22.8 Å². The number of furan rings is 1. The summed E-state index contributed by atoms with van der Waals surface area (Å²) in [6, 6.07) is 2.66. The lowest BCUT2D eigenvalue weighted by molar-refractivity contribution is -0.124. The largest absolute Gasteiger partial charge is 0.459 e. The van der Waals surface area contributed by atoms with Crippen LogP contribution in [0.2, 0.25) is 0 Å². The highest BCUT2D eigenvalue weighted by molar-refractivity contribution is 5.95. The number of piperidine rings is 1. The normalized spacial score (nSPS) is 18.4. The lowest BCUT2D eigenvalue weighted by atomic mass is 9.81. The molecule has 1 fully saturated rings. The molecule has 1 aliphatic rings. The molecule has 6 heteroatoms. The summed E-state index contributed by atoms with van der Waals surface area (Å²) in [4.78, 5) is 24.6. The van der Waals surface area contributed by atoms with Gasteiger partial charge in [-0.05, 0) is 49.4 Å². The van der Waals surface area contributed by atoms with Crippen LogP contribution in [0.3, 0.4) is 0 Å². The van der Waals surface area contributed by atoms with E-state index in [0.717, 1.165) is 25.9 Å². The maximum Gasteiger partial charge on any atom is 0.287 e. The Bertz CT molecular complexity index is 519. The van der Waals surface area contributed by atoms with Crippen LogP contribution >= 0.6 is 0 Å². The van der Waals surface area contributed by atoms with Gasteiger partial charge in [-0.2, -0.15) is 0 Å². The zero-order valence-electron chi connectivity index (χ0n) is 14.1. The number of rotatable bonds is 6. The number of nitrogens with one attached hydrogen (secondary N) is 3. The van der Waals surface area contributed by atoms with Crippen molar-refractivity contribution >= 4 is 11.8 Å². The van der Waals surface area contributed by atoms with Gasteiger partial charge in [-0.15, -0.1) is 0 Å². The zero-order valence-corrected chi connectivity index (χ0v) is 14.1. The summed E-state index contributed by atoms with van der Waals surface area (Å²) in [6.07, 6.45) is 3.52. The molecule has 1 aromatic rings. The summed E-state index contributed by atoms with van der Waals surface area (Å²) in [7, 11) is 0. The summed E-state index contributed by atoms with van der Waals surface area (Å²) in [5.74, 6) is -0.292. The van der Waals surface area contributed by atoms with Crippen LogP contribution in [0, 0.1) is 11.3 Å². The van der Waals surface area contributed by atoms with Crippen molar-refractivity contribution < 1.29 is 14.0 Å². The fourth-order valence-electron chi connectivity index (χ4n) is 2.77. The Morgan fingerprint density at radius 3 is 2.61 bits per heavy atom. The Hall–Kier alpha value is -1.82. The molecule has 0 spiro atoms. The minimum absolute atomic E-state index is 0.00487. The van der Waals surface area contributed by atoms with Crippen molar-refractivity contribution in [3.05, 3.63) is 24.2 Å². The lowest BCUT2D eigenvalue weighted by Gasteiger charge is -2.34. The molecule has 1 atom stereocenters. The first-order chi connectivity index (χ1) is 10.9. The summed E-state index contributed by atoms with van der Waals surface area (Å²) in [5, 5.41) is 9.10. The van der Waals surface area contributed by atoms with Crippen molar-refractivity contribution in [1.29, 1.82) is 0 Å². The highest BCUT2D eigenvalue weighted by atomic mass is 16.3. The Morgan fingerprint density at radius 2 is 2.04 bits per heavy atom. The molecule has 2 amide bonds. The lowest BCUT2D eigenvalue weighted by Crippen LogP contribution is -2.52. The maximum atomic E-state index is 12.5. The van der Waals surface area contributed by atoms with E-state index in [2.05, 4.69) is 22.9 Å². The van der Waals surface area contributed by atoms with Gasteiger partial charge < -0.3 is 20.4 Å². The van der Waals surface area contributed by atoms with Crippen molar-refractivity contribution in [2.45, 2.75) is 39.7 Å². The highest BCUT2D eigenvalue weighted by Gasteiger charge is 2.30. The van der Waals surface area contributed by atoms with Crippen molar-refractivity contribution in [2.24, 2.45) is 11.3 Å². The van der Waals surface area contributed by atoms with Crippen molar-refractivity contribution in [2.75, 3.05) is 19.6 Å². The fraction of sp³-hybridized carbons (Fsp3) is 0.647. The number of amides is 2. The highest BCUT2D eigenvalue weighted by Crippen LogP contribution is 2.26. The van der Waals surface area contributed by atoms with Gasteiger partial charge in [-0.3, -0.25) is 9.59 Å². The molecule has 2 rings (SSSR count). The Balaban J connectivity index is 1.91. The van der Waals surface area contributed by atoms with E-state index >= 15 is 0 Å². The van der Waals surface area contributed by atoms with Crippen LogP contribution in [-0.4, -0.2) is 37.5 Å². The van der Waals surface area contributed by atoms with Gasteiger partial charge in [-0.1, -0.05) is 20.8 Å². The summed E-state index contributed by atoms with van der Waals surface area (Å²) in [6.45, 7) is 8.62. The first-order valence-electron chi connectivity index (χ1n) is 8.24. The van der Waals surface area contributed by atoms with E-state index in [4.69, 9.17) is 4.42 Å². The van der Waals surface area contributed by atoms with E-state index in [1.165, 1.54) is 6.26 Å². The zero-order chi connectivity index (χ0) is 16.9. The Morgan fingerprint density at radius 1 is 1.35 bits per heavy atom. The van der Waals surface area contributed by atoms with Crippen LogP contribution in [0.5, 0.6) is 0 Å². The first kappa shape index (κ1) is 17.5. The molecule has 1 aromatic heterocycles. The number of hydrogen-bond donors (Lipinski definition) is 3. The quantitative estimate of drug-likeness (QED) is 0.742. The van der Waals surface area contributed by atoms with Gasteiger partial charge >= 0.3 is 0 Å². The monoisotopic (exact) mass is 321 g/mol. The molecular weight excluding hydrogens is 294 g/mol. The van der Waals surface area contributed by atoms with E-state index < -0.39 is 6.04 Å². The van der Waals surface area contributed by atoms with E-state index in [0.29, 0.717) is 6.54 Å². The van der Waals surface area contributed by atoms with E-state index in [9.17, 15) is 9.59 Å². The molecule has 23 heavy (non-hydrogen) atoms. The van der Waals surface area contributed by atoms with Crippen LogP contribution in [0.1, 0.15) is 44.2 Å². The average molecular weight is 321 g/mol. The Kier molecular flexibility index (Phi) is 5.82. The summed E-state index contributed by atoms with van der Waals surface area (Å²) >= 11 is 0. The van der Waals surface area contributed by atoms with Crippen LogP contribution in [0.4, 0.5) is 0 Å². The van der Waals surface area contributed by atoms with Gasteiger partial charge in [0.25, 0.3) is 5.91 Å². The molecule has 1 unspecified atom stereocenters. The predicted octanol–water partition coefficient (Wildman–Crippen LogP) is 1.54. The molecule has 0 radical (unpaired) electrons. The molecule has 1 aliphatic heterocycles. The molecule has 2 heterocycles. The summed E-state index contributed by atoms with van der Waals surface area (Å²) in [5.41, 5.74) is 0.119. The predicted molar refractivity (Wildman–Crippen MR) is 88.0 cm³/mol. The second-order valence-electron chi connectivity index (χ2n) is 6.95. The van der Waals surface area contributed by atoms with Gasteiger partial charge in [0.05, 0.1) is 6.26 Å². The van der Waals surface area contributed by atoms with E-state index in [1.807, 2.05) is 13.8 Å². The topological polar surface area (TPSA) is 83.4 Å². The molecule has 128 valence electrons. The third kappa shape index (κ3) is 4.82. The van der Waals surface area contributed by atoms with Crippen molar-refractivity contribution in [1.82, 2.24) is 16.0 Å². The van der Waals surface area contributed by atoms with Gasteiger partial charge in [0.2, 0.25) is 5.91 Å². The third-order valence-electron chi connectivity index (χ3n) is 4.48. The van der Waals surface area contributed by atoms with Gasteiger partial charge in [0, 0.05) is 6.54 Å². The number of carbonyl (C=O) groups excluding carboxylic acids is 2. The van der Waals surface area contributed by atoms with E-state index in [-0.39, 0.29) is 28.9 Å². The molecule has 6 nitrogen and oxygen atoms in total. The van der Waals surface area contributed by atoms with E-state index in [1.54, 1.807) is 12.1 Å². The fourth-order valence-corrected chi connectivity index (χ4v) is 2.77. The molecule has 0 saturated carbocycles. The van der Waals surface area contributed by atoms with Crippen LogP contribution in [-0.2, 0) is 4.79 Å². The second-order valence-corrected chi connectivity index (χ2v) is 6.95. The molecule has 0 bridgehead atoms. The van der Waals surface area contributed by atoms with Crippen LogP contribution in [0.25, 0.3) is 0 Å². The van der Waals surface area contributed by atoms with Gasteiger partial charge in [0.15, 0.2) is 5.76 Å².